The molecule has 42 heavy (non-hydrogen) atoms. The molecule has 6 aromatic rings. The van der Waals surface area contributed by atoms with Gasteiger partial charge in [0.15, 0.2) is 0 Å². The zero-order chi connectivity index (χ0) is 28.7. The number of fused-ring (bicyclic) bond motifs is 3. The van der Waals surface area contributed by atoms with Crippen molar-refractivity contribution in [3.05, 3.63) is 169 Å². The lowest BCUT2D eigenvalue weighted by Crippen LogP contribution is -2.16. The predicted octanol–water partition coefficient (Wildman–Crippen LogP) is 11.4. The SMILES string of the molecule is C=Cc1ccc(-c2ccc(N(c3ccc(-c4ccccc4)cc3)c3ccc4c(c3)C(C)(C)c3ccccc3-4)cc2)cc1. The monoisotopic (exact) mass is 539 g/mol. The fourth-order valence-corrected chi connectivity index (χ4v) is 6.33. The third-order valence-corrected chi connectivity index (χ3v) is 8.66. The Bertz CT molecular complexity index is 1880. The molecule has 0 aromatic heterocycles. The number of rotatable bonds is 6. The van der Waals surface area contributed by atoms with Gasteiger partial charge in [0.25, 0.3) is 0 Å². The normalized spacial score (nSPS) is 12.8. The Labute approximate surface area is 249 Å². The highest BCUT2D eigenvalue weighted by atomic mass is 15.1. The molecule has 1 aliphatic carbocycles. The van der Waals surface area contributed by atoms with Crippen LogP contribution in [0.2, 0.25) is 0 Å². The Balaban J connectivity index is 1.32. The number of hydrogen-bond donors (Lipinski definition) is 0. The van der Waals surface area contributed by atoms with Crippen molar-refractivity contribution in [2.45, 2.75) is 19.3 Å². The largest absolute Gasteiger partial charge is 0.310 e. The zero-order valence-electron chi connectivity index (χ0n) is 24.1. The summed E-state index contributed by atoms with van der Waals surface area (Å²) >= 11 is 0. The van der Waals surface area contributed by atoms with E-state index in [0.29, 0.717) is 0 Å². The summed E-state index contributed by atoms with van der Waals surface area (Å²) in [6, 6.07) is 52.7. The van der Waals surface area contributed by atoms with E-state index in [2.05, 4.69) is 171 Å². The Morgan fingerprint density at radius 2 is 0.952 bits per heavy atom. The van der Waals surface area contributed by atoms with Crippen molar-refractivity contribution in [3.8, 4) is 33.4 Å². The topological polar surface area (TPSA) is 3.24 Å². The van der Waals surface area contributed by atoms with Crippen LogP contribution in [-0.2, 0) is 5.41 Å². The smallest absolute Gasteiger partial charge is 0.0465 e. The Hall–Kier alpha value is -5.14. The summed E-state index contributed by atoms with van der Waals surface area (Å²) in [4.78, 5) is 2.37. The van der Waals surface area contributed by atoms with Crippen molar-refractivity contribution >= 4 is 23.1 Å². The van der Waals surface area contributed by atoms with Gasteiger partial charge < -0.3 is 4.90 Å². The second-order valence-corrected chi connectivity index (χ2v) is 11.5. The van der Waals surface area contributed by atoms with Crippen LogP contribution in [0.1, 0.15) is 30.5 Å². The van der Waals surface area contributed by atoms with Crippen molar-refractivity contribution in [1.82, 2.24) is 0 Å². The molecule has 0 atom stereocenters. The molecule has 0 amide bonds. The predicted molar refractivity (Wildman–Crippen MR) is 180 cm³/mol. The summed E-state index contributed by atoms with van der Waals surface area (Å²) in [6.45, 7) is 8.56. The first kappa shape index (κ1) is 25.8. The molecule has 6 aromatic carbocycles. The summed E-state index contributed by atoms with van der Waals surface area (Å²) < 4.78 is 0. The zero-order valence-corrected chi connectivity index (χ0v) is 24.1. The van der Waals surface area contributed by atoms with Crippen LogP contribution in [0.5, 0.6) is 0 Å². The molecule has 0 unspecified atom stereocenters. The molecule has 0 saturated carbocycles. The molecule has 202 valence electrons. The first-order chi connectivity index (χ1) is 20.5. The summed E-state index contributed by atoms with van der Waals surface area (Å²) in [6.07, 6.45) is 1.88. The van der Waals surface area contributed by atoms with E-state index in [0.717, 1.165) is 22.6 Å². The van der Waals surface area contributed by atoms with Gasteiger partial charge in [-0.05, 0) is 86.5 Å². The molecule has 1 nitrogen and oxygen atoms in total. The minimum atomic E-state index is -0.0633. The van der Waals surface area contributed by atoms with Crippen LogP contribution in [0.25, 0.3) is 39.5 Å². The van der Waals surface area contributed by atoms with Gasteiger partial charge in [-0.15, -0.1) is 0 Å². The van der Waals surface area contributed by atoms with Crippen LogP contribution in [-0.4, -0.2) is 0 Å². The third-order valence-electron chi connectivity index (χ3n) is 8.66. The molecular weight excluding hydrogens is 506 g/mol. The maximum atomic E-state index is 3.88. The van der Waals surface area contributed by atoms with Crippen molar-refractivity contribution in [3.63, 3.8) is 0 Å². The van der Waals surface area contributed by atoms with Crippen LogP contribution in [0.4, 0.5) is 17.1 Å². The average molecular weight is 540 g/mol. The standard InChI is InChI=1S/C41H33N/c1-4-29-14-16-31(17-15-29)33-20-24-35(25-21-33)42(34-22-18-32(19-23-34)30-10-6-5-7-11-30)36-26-27-38-37-12-8-9-13-39(37)41(2,3)40(38)28-36/h4-28H,1H2,2-3H3. The van der Waals surface area contributed by atoms with Gasteiger partial charge in [0.1, 0.15) is 0 Å². The molecular formula is C41H33N. The van der Waals surface area contributed by atoms with Gasteiger partial charge >= 0.3 is 0 Å². The van der Waals surface area contributed by atoms with Gasteiger partial charge in [-0.2, -0.15) is 0 Å². The Morgan fingerprint density at radius 3 is 1.55 bits per heavy atom. The highest BCUT2D eigenvalue weighted by molar-refractivity contribution is 5.86. The van der Waals surface area contributed by atoms with Crippen molar-refractivity contribution < 1.29 is 0 Å². The summed E-state index contributed by atoms with van der Waals surface area (Å²) in [7, 11) is 0. The molecule has 0 bridgehead atoms. The number of benzene rings is 6. The Morgan fingerprint density at radius 1 is 0.476 bits per heavy atom. The molecule has 1 aliphatic rings. The minimum absolute atomic E-state index is 0.0633. The van der Waals surface area contributed by atoms with E-state index in [-0.39, 0.29) is 5.41 Å². The van der Waals surface area contributed by atoms with E-state index in [4.69, 9.17) is 0 Å². The van der Waals surface area contributed by atoms with Crippen LogP contribution < -0.4 is 4.90 Å². The van der Waals surface area contributed by atoms with Crippen molar-refractivity contribution in [1.29, 1.82) is 0 Å². The van der Waals surface area contributed by atoms with E-state index in [1.54, 1.807) is 0 Å². The van der Waals surface area contributed by atoms with E-state index < -0.39 is 0 Å². The van der Waals surface area contributed by atoms with Gasteiger partial charge in [-0.3, -0.25) is 0 Å². The first-order valence-corrected chi connectivity index (χ1v) is 14.6. The molecule has 0 N–H and O–H groups in total. The van der Waals surface area contributed by atoms with E-state index in [9.17, 15) is 0 Å². The third kappa shape index (κ3) is 4.44. The van der Waals surface area contributed by atoms with Crippen LogP contribution >= 0.6 is 0 Å². The van der Waals surface area contributed by atoms with Crippen LogP contribution in [0.15, 0.2) is 152 Å². The highest BCUT2D eigenvalue weighted by Crippen LogP contribution is 2.50. The lowest BCUT2D eigenvalue weighted by molar-refractivity contribution is 0.660. The molecule has 0 radical (unpaired) electrons. The summed E-state index contributed by atoms with van der Waals surface area (Å²) in [5.74, 6) is 0. The molecule has 0 aliphatic heterocycles. The highest BCUT2D eigenvalue weighted by Gasteiger charge is 2.35. The van der Waals surface area contributed by atoms with Crippen LogP contribution in [0, 0.1) is 0 Å². The average Bonchev–Trinajstić information content (AvgIpc) is 3.28. The molecule has 0 saturated heterocycles. The van der Waals surface area contributed by atoms with Gasteiger partial charge in [0.05, 0.1) is 0 Å². The second-order valence-electron chi connectivity index (χ2n) is 11.5. The van der Waals surface area contributed by atoms with Crippen LogP contribution in [0.3, 0.4) is 0 Å². The van der Waals surface area contributed by atoms with Gasteiger partial charge in [0, 0.05) is 22.5 Å². The molecule has 0 heterocycles. The van der Waals surface area contributed by atoms with Gasteiger partial charge in [-0.25, -0.2) is 0 Å². The molecule has 0 fully saturated rings. The Kier molecular flexibility index (Phi) is 6.36. The van der Waals surface area contributed by atoms with E-state index >= 15 is 0 Å². The maximum absolute atomic E-state index is 3.88. The van der Waals surface area contributed by atoms with Gasteiger partial charge in [0.2, 0.25) is 0 Å². The van der Waals surface area contributed by atoms with Crippen molar-refractivity contribution in [2.24, 2.45) is 0 Å². The second kappa shape index (κ2) is 10.4. The minimum Gasteiger partial charge on any atom is -0.310 e. The van der Waals surface area contributed by atoms with Crippen molar-refractivity contribution in [2.75, 3.05) is 4.90 Å². The number of nitrogens with zero attached hydrogens (tertiary/aromatic N) is 1. The molecule has 1 heteroatoms. The lowest BCUT2D eigenvalue weighted by atomic mass is 9.82. The molecule has 0 spiro atoms. The summed E-state index contributed by atoms with van der Waals surface area (Å²) in [5, 5.41) is 0. The number of hydrogen-bond acceptors (Lipinski definition) is 1. The first-order valence-electron chi connectivity index (χ1n) is 14.6. The number of anilines is 3. The molecule has 7 rings (SSSR count). The maximum Gasteiger partial charge on any atom is 0.0465 e. The summed E-state index contributed by atoms with van der Waals surface area (Å²) in [5.41, 5.74) is 14.7. The van der Waals surface area contributed by atoms with Gasteiger partial charge in [-0.1, -0.05) is 136 Å². The fourth-order valence-electron chi connectivity index (χ4n) is 6.33. The fraction of sp³-hybridized carbons (Fsp3) is 0.0732. The van der Waals surface area contributed by atoms with E-state index in [1.807, 2.05) is 6.08 Å². The lowest BCUT2D eigenvalue weighted by Gasteiger charge is -2.28. The quantitative estimate of drug-likeness (QED) is 0.203. The van der Waals surface area contributed by atoms with E-state index in [1.165, 1.54) is 44.5 Å².